The Morgan fingerprint density at radius 1 is 1.25 bits per heavy atom. The minimum Gasteiger partial charge on any atom is -0.313 e. The second-order valence-electron chi connectivity index (χ2n) is 4.32. The van der Waals surface area contributed by atoms with Crippen LogP contribution in [0.3, 0.4) is 0 Å². The maximum atomic E-state index is 3.59. The first-order chi connectivity index (χ1) is 5.86. The SMILES string of the molecule is CN(C[C@@H]1CCCCN1)C1CC1. The molecule has 1 aliphatic heterocycles. The van der Waals surface area contributed by atoms with Crippen LogP contribution in [0.4, 0.5) is 0 Å². The number of nitrogens with zero attached hydrogens (tertiary/aromatic N) is 1. The van der Waals surface area contributed by atoms with Gasteiger partial charge in [-0.2, -0.15) is 0 Å². The van der Waals surface area contributed by atoms with Gasteiger partial charge in [-0.15, -0.1) is 0 Å². The van der Waals surface area contributed by atoms with E-state index in [9.17, 15) is 0 Å². The zero-order valence-electron chi connectivity index (χ0n) is 8.05. The number of hydrogen-bond acceptors (Lipinski definition) is 2. The van der Waals surface area contributed by atoms with E-state index in [0.29, 0.717) is 0 Å². The summed E-state index contributed by atoms with van der Waals surface area (Å²) in [5, 5.41) is 3.59. The van der Waals surface area contributed by atoms with E-state index in [1.165, 1.54) is 45.2 Å². The highest BCUT2D eigenvalue weighted by atomic mass is 15.2. The minimum atomic E-state index is 0.782. The van der Waals surface area contributed by atoms with E-state index in [0.717, 1.165) is 12.1 Å². The lowest BCUT2D eigenvalue weighted by Gasteiger charge is -2.28. The molecule has 0 spiro atoms. The number of hydrogen-bond donors (Lipinski definition) is 1. The van der Waals surface area contributed by atoms with Crippen LogP contribution in [0.25, 0.3) is 0 Å². The number of rotatable bonds is 3. The first-order valence-electron chi connectivity index (χ1n) is 5.30. The van der Waals surface area contributed by atoms with Crippen molar-refractivity contribution in [3.63, 3.8) is 0 Å². The van der Waals surface area contributed by atoms with Crippen molar-refractivity contribution in [1.82, 2.24) is 10.2 Å². The minimum absolute atomic E-state index is 0.782. The van der Waals surface area contributed by atoms with Crippen LogP contribution in [0.15, 0.2) is 0 Å². The number of piperidine rings is 1. The molecule has 0 amide bonds. The molecule has 1 atom stereocenters. The first-order valence-corrected chi connectivity index (χ1v) is 5.30. The largest absolute Gasteiger partial charge is 0.313 e. The third kappa shape index (κ3) is 2.20. The van der Waals surface area contributed by atoms with E-state index in [-0.39, 0.29) is 0 Å². The molecule has 2 nitrogen and oxygen atoms in total. The quantitative estimate of drug-likeness (QED) is 0.681. The fourth-order valence-electron chi connectivity index (χ4n) is 2.09. The standard InChI is InChI=1S/C10H20N2/c1-12(10-5-6-10)8-9-4-2-3-7-11-9/h9-11H,2-8H2,1H3/t9-/m0/s1. The highest BCUT2D eigenvalue weighted by Crippen LogP contribution is 2.25. The number of likely N-dealkylation sites (N-methyl/N-ethyl adjacent to an activating group) is 1. The Morgan fingerprint density at radius 3 is 2.67 bits per heavy atom. The molecule has 0 aromatic heterocycles. The maximum Gasteiger partial charge on any atom is 0.0195 e. The molecule has 1 heterocycles. The average Bonchev–Trinajstić information content (AvgIpc) is 2.88. The van der Waals surface area contributed by atoms with Crippen LogP contribution < -0.4 is 5.32 Å². The third-order valence-electron chi connectivity index (χ3n) is 3.09. The van der Waals surface area contributed by atoms with E-state index in [1.54, 1.807) is 0 Å². The Balaban J connectivity index is 1.69. The molecule has 0 aromatic carbocycles. The fourth-order valence-corrected chi connectivity index (χ4v) is 2.09. The van der Waals surface area contributed by atoms with Gasteiger partial charge < -0.3 is 10.2 Å². The Hall–Kier alpha value is -0.0800. The first kappa shape index (κ1) is 8.52. The summed E-state index contributed by atoms with van der Waals surface area (Å²) in [5.41, 5.74) is 0. The lowest BCUT2D eigenvalue weighted by Crippen LogP contribution is -2.43. The van der Waals surface area contributed by atoms with Crippen molar-refractivity contribution >= 4 is 0 Å². The molecule has 1 saturated heterocycles. The molecule has 1 saturated carbocycles. The van der Waals surface area contributed by atoms with E-state index < -0.39 is 0 Å². The van der Waals surface area contributed by atoms with Gasteiger partial charge in [0.05, 0.1) is 0 Å². The predicted octanol–water partition coefficient (Wildman–Crippen LogP) is 1.22. The maximum absolute atomic E-state index is 3.59. The zero-order chi connectivity index (χ0) is 8.39. The van der Waals surface area contributed by atoms with Crippen LogP contribution in [-0.2, 0) is 0 Å². The Labute approximate surface area is 75.3 Å². The van der Waals surface area contributed by atoms with E-state index in [4.69, 9.17) is 0 Å². The third-order valence-corrected chi connectivity index (χ3v) is 3.09. The highest BCUT2D eigenvalue weighted by Gasteiger charge is 2.27. The van der Waals surface area contributed by atoms with Gasteiger partial charge in [-0.25, -0.2) is 0 Å². The van der Waals surface area contributed by atoms with Gasteiger partial charge >= 0.3 is 0 Å². The molecule has 1 N–H and O–H groups in total. The Morgan fingerprint density at radius 2 is 2.08 bits per heavy atom. The molecule has 0 bridgehead atoms. The monoisotopic (exact) mass is 168 g/mol. The van der Waals surface area contributed by atoms with Gasteiger partial charge in [-0.3, -0.25) is 0 Å². The van der Waals surface area contributed by atoms with E-state index in [2.05, 4.69) is 17.3 Å². The van der Waals surface area contributed by atoms with E-state index in [1.807, 2.05) is 0 Å². The molecular formula is C10H20N2. The van der Waals surface area contributed by atoms with Crippen LogP contribution in [-0.4, -0.2) is 37.1 Å². The van der Waals surface area contributed by atoms with Gasteiger partial charge in [-0.05, 0) is 39.3 Å². The van der Waals surface area contributed by atoms with Crippen molar-refractivity contribution in [2.24, 2.45) is 0 Å². The zero-order valence-corrected chi connectivity index (χ0v) is 8.05. The average molecular weight is 168 g/mol. The second-order valence-corrected chi connectivity index (χ2v) is 4.32. The normalized spacial score (nSPS) is 31.0. The van der Waals surface area contributed by atoms with E-state index >= 15 is 0 Å². The predicted molar refractivity (Wildman–Crippen MR) is 51.3 cm³/mol. The molecular weight excluding hydrogens is 148 g/mol. The fraction of sp³-hybridized carbons (Fsp3) is 1.00. The molecule has 0 aromatic rings. The highest BCUT2D eigenvalue weighted by molar-refractivity contribution is 4.85. The van der Waals surface area contributed by atoms with Crippen LogP contribution in [0.2, 0.25) is 0 Å². The summed E-state index contributed by atoms with van der Waals surface area (Å²) in [6.45, 7) is 2.51. The molecule has 2 aliphatic rings. The summed E-state index contributed by atoms with van der Waals surface area (Å²) >= 11 is 0. The summed E-state index contributed by atoms with van der Waals surface area (Å²) in [7, 11) is 2.27. The smallest absolute Gasteiger partial charge is 0.0195 e. The summed E-state index contributed by atoms with van der Waals surface area (Å²) in [6.07, 6.45) is 7.06. The Bertz CT molecular complexity index is 137. The van der Waals surface area contributed by atoms with Crippen molar-refractivity contribution in [2.45, 2.75) is 44.2 Å². The lowest BCUT2D eigenvalue weighted by atomic mass is 10.0. The van der Waals surface area contributed by atoms with Gasteiger partial charge in [0.25, 0.3) is 0 Å². The van der Waals surface area contributed by atoms with Crippen molar-refractivity contribution in [3.05, 3.63) is 0 Å². The van der Waals surface area contributed by atoms with Crippen LogP contribution in [0, 0.1) is 0 Å². The Kier molecular flexibility index (Phi) is 2.66. The summed E-state index contributed by atoms with van der Waals surface area (Å²) in [4.78, 5) is 2.53. The topological polar surface area (TPSA) is 15.3 Å². The van der Waals surface area contributed by atoms with Gasteiger partial charge in [-0.1, -0.05) is 6.42 Å². The molecule has 0 radical (unpaired) electrons. The summed E-state index contributed by atoms with van der Waals surface area (Å²) < 4.78 is 0. The summed E-state index contributed by atoms with van der Waals surface area (Å²) in [6, 6.07) is 1.71. The molecule has 12 heavy (non-hydrogen) atoms. The van der Waals surface area contributed by atoms with Gasteiger partial charge in [0.15, 0.2) is 0 Å². The van der Waals surface area contributed by atoms with Gasteiger partial charge in [0.1, 0.15) is 0 Å². The van der Waals surface area contributed by atoms with Crippen molar-refractivity contribution in [2.75, 3.05) is 20.1 Å². The van der Waals surface area contributed by atoms with Crippen LogP contribution in [0.5, 0.6) is 0 Å². The van der Waals surface area contributed by atoms with Crippen molar-refractivity contribution < 1.29 is 0 Å². The van der Waals surface area contributed by atoms with Crippen molar-refractivity contribution in [1.29, 1.82) is 0 Å². The molecule has 0 unspecified atom stereocenters. The van der Waals surface area contributed by atoms with Crippen LogP contribution >= 0.6 is 0 Å². The lowest BCUT2D eigenvalue weighted by molar-refractivity contribution is 0.255. The number of nitrogens with one attached hydrogen (secondary N) is 1. The van der Waals surface area contributed by atoms with Crippen LogP contribution in [0.1, 0.15) is 32.1 Å². The van der Waals surface area contributed by atoms with Gasteiger partial charge in [0.2, 0.25) is 0 Å². The second kappa shape index (κ2) is 3.75. The molecule has 2 rings (SSSR count). The molecule has 70 valence electrons. The summed E-state index contributed by atoms with van der Waals surface area (Å²) in [5.74, 6) is 0. The van der Waals surface area contributed by atoms with Crippen molar-refractivity contribution in [3.8, 4) is 0 Å². The molecule has 2 heteroatoms. The molecule has 1 aliphatic carbocycles. The molecule has 2 fully saturated rings. The van der Waals surface area contributed by atoms with Gasteiger partial charge in [0, 0.05) is 18.6 Å².